The van der Waals surface area contributed by atoms with E-state index in [0.29, 0.717) is 27.9 Å². The number of hydrogen-bond acceptors (Lipinski definition) is 7. The Morgan fingerprint density at radius 3 is 2.71 bits per heavy atom. The van der Waals surface area contributed by atoms with Crippen LogP contribution in [0.25, 0.3) is 22.4 Å². The van der Waals surface area contributed by atoms with Crippen molar-refractivity contribution in [2.45, 2.75) is 24.0 Å². The number of sulfone groups is 1. The minimum absolute atomic E-state index is 0.118. The van der Waals surface area contributed by atoms with Gasteiger partial charge in [0.05, 0.1) is 17.3 Å². The third-order valence-electron chi connectivity index (χ3n) is 4.75. The van der Waals surface area contributed by atoms with Gasteiger partial charge in [0.2, 0.25) is 0 Å². The van der Waals surface area contributed by atoms with Gasteiger partial charge in [-0.15, -0.1) is 11.3 Å². The summed E-state index contributed by atoms with van der Waals surface area (Å²) in [6.45, 7) is 3.21. The first-order valence-electron chi connectivity index (χ1n) is 9.47. The number of thiazole rings is 1. The maximum atomic E-state index is 12.6. The predicted octanol–water partition coefficient (Wildman–Crippen LogP) is 5.00. The Morgan fingerprint density at radius 2 is 1.97 bits per heavy atom. The van der Waals surface area contributed by atoms with Gasteiger partial charge in [-0.05, 0) is 50.2 Å². The molecule has 0 unspecified atom stereocenters. The highest BCUT2D eigenvalue weighted by molar-refractivity contribution is 7.92. The van der Waals surface area contributed by atoms with Gasteiger partial charge in [0.25, 0.3) is 5.91 Å². The molecule has 2 aromatic heterocycles. The van der Waals surface area contributed by atoms with Crippen LogP contribution in [0.2, 0.25) is 0 Å². The van der Waals surface area contributed by atoms with E-state index in [4.69, 9.17) is 9.15 Å². The number of methoxy groups -OCH3 is 1. The molecule has 0 radical (unpaired) electrons. The molecule has 0 saturated carbocycles. The summed E-state index contributed by atoms with van der Waals surface area (Å²) in [6.07, 6.45) is 0. The van der Waals surface area contributed by atoms with E-state index in [9.17, 15) is 13.2 Å². The Labute approximate surface area is 183 Å². The van der Waals surface area contributed by atoms with Crippen molar-refractivity contribution < 1.29 is 22.4 Å². The highest BCUT2D eigenvalue weighted by Gasteiger charge is 2.21. The van der Waals surface area contributed by atoms with Gasteiger partial charge in [0.1, 0.15) is 17.0 Å². The Hall–Kier alpha value is -3.17. The molecular weight excluding hydrogens is 436 g/mol. The molecule has 2 heterocycles. The second kappa shape index (κ2) is 8.16. The van der Waals surface area contributed by atoms with Crippen molar-refractivity contribution in [2.24, 2.45) is 0 Å². The lowest BCUT2D eigenvalue weighted by Crippen LogP contribution is -2.16. The second-order valence-electron chi connectivity index (χ2n) is 7.13. The zero-order valence-corrected chi connectivity index (χ0v) is 18.7. The molecular formula is C22H20N2O5S2. The van der Waals surface area contributed by atoms with Crippen LogP contribution in [0, 0.1) is 0 Å². The topological polar surface area (TPSA) is 98.5 Å². The van der Waals surface area contributed by atoms with Gasteiger partial charge >= 0.3 is 0 Å². The SMILES string of the molecule is COc1ccc2cc(-c3csc(NC(=O)c4cccc(S(=O)(=O)C(C)C)c4)n3)oc2c1. The fourth-order valence-corrected chi connectivity index (χ4v) is 4.76. The Morgan fingerprint density at radius 1 is 1.16 bits per heavy atom. The van der Waals surface area contributed by atoms with Crippen molar-refractivity contribution in [3.05, 3.63) is 59.5 Å². The summed E-state index contributed by atoms with van der Waals surface area (Å²) in [7, 11) is -1.88. The van der Waals surface area contributed by atoms with Crippen LogP contribution in [0.15, 0.2) is 63.2 Å². The molecule has 31 heavy (non-hydrogen) atoms. The number of anilines is 1. The van der Waals surface area contributed by atoms with Crippen LogP contribution in [-0.4, -0.2) is 31.7 Å². The number of hydrogen-bond donors (Lipinski definition) is 1. The molecule has 0 bridgehead atoms. The summed E-state index contributed by atoms with van der Waals surface area (Å²) in [4.78, 5) is 17.2. The van der Waals surface area contributed by atoms with Crippen LogP contribution >= 0.6 is 11.3 Å². The fourth-order valence-electron chi connectivity index (χ4n) is 2.96. The summed E-state index contributed by atoms with van der Waals surface area (Å²) < 4.78 is 35.8. The molecule has 0 saturated heterocycles. The molecule has 160 valence electrons. The minimum atomic E-state index is -3.47. The predicted molar refractivity (Wildman–Crippen MR) is 121 cm³/mol. The van der Waals surface area contributed by atoms with Crippen LogP contribution < -0.4 is 10.1 Å². The van der Waals surface area contributed by atoms with E-state index in [1.165, 1.54) is 23.5 Å². The quantitative estimate of drug-likeness (QED) is 0.438. The number of furan rings is 1. The lowest BCUT2D eigenvalue weighted by atomic mass is 10.2. The Kier molecular flexibility index (Phi) is 5.55. The normalized spacial score (nSPS) is 11.7. The molecule has 4 rings (SSSR count). The molecule has 2 aromatic carbocycles. The van der Waals surface area contributed by atoms with Crippen molar-refractivity contribution in [3.63, 3.8) is 0 Å². The smallest absolute Gasteiger partial charge is 0.257 e. The lowest BCUT2D eigenvalue weighted by Gasteiger charge is -2.09. The largest absolute Gasteiger partial charge is 0.497 e. The number of nitrogens with one attached hydrogen (secondary N) is 1. The van der Waals surface area contributed by atoms with E-state index in [1.807, 2.05) is 18.2 Å². The van der Waals surface area contributed by atoms with E-state index in [1.54, 1.807) is 44.5 Å². The first-order valence-corrected chi connectivity index (χ1v) is 11.9. The van der Waals surface area contributed by atoms with Gasteiger partial charge in [0, 0.05) is 22.4 Å². The Balaban J connectivity index is 1.55. The lowest BCUT2D eigenvalue weighted by molar-refractivity contribution is 0.102. The molecule has 0 aliphatic rings. The van der Waals surface area contributed by atoms with E-state index in [2.05, 4.69) is 10.3 Å². The minimum Gasteiger partial charge on any atom is -0.497 e. The summed E-state index contributed by atoms with van der Waals surface area (Å²) >= 11 is 1.25. The summed E-state index contributed by atoms with van der Waals surface area (Å²) in [5.41, 5.74) is 1.51. The molecule has 7 nitrogen and oxygen atoms in total. The van der Waals surface area contributed by atoms with E-state index in [-0.39, 0.29) is 10.5 Å². The van der Waals surface area contributed by atoms with Gasteiger partial charge in [-0.2, -0.15) is 0 Å². The molecule has 0 fully saturated rings. The molecule has 0 aliphatic heterocycles. The molecule has 9 heteroatoms. The summed E-state index contributed by atoms with van der Waals surface area (Å²) in [5.74, 6) is 0.836. The zero-order valence-electron chi connectivity index (χ0n) is 17.1. The van der Waals surface area contributed by atoms with Crippen LogP contribution in [0.4, 0.5) is 5.13 Å². The number of rotatable bonds is 6. The highest BCUT2D eigenvalue weighted by Crippen LogP contribution is 2.32. The second-order valence-corrected chi connectivity index (χ2v) is 10.5. The monoisotopic (exact) mass is 456 g/mol. The van der Waals surface area contributed by atoms with Gasteiger partial charge in [-0.3, -0.25) is 10.1 Å². The number of benzene rings is 2. The number of fused-ring (bicyclic) bond motifs is 1. The summed E-state index contributed by atoms with van der Waals surface area (Å²) in [6, 6.07) is 13.4. The third kappa shape index (κ3) is 4.19. The van der Waals surface area contributed by atoms with Gasteiger partial charge < -0.3 is 9.15 Å². The van der Waals surface area contributed by atoms with Crippen LogP contribution in [-0.2, 0) is 9.84 Å². The molecule has 0 aliphatic carbocycles. The highest BCUT2D eigenvalue weighted by atomic mass is 32.2. The van der Waals surface area contributed by atoms with Crippen LogP contribution in [0.5, 0.6) is 5.75 Å². The van der Waals surface area contributed by atoms with E-state index >= 15 is 0 Å². The Bertz CT molecular complexity index is 1370. The number of nitrogens with zero attached hydrogens (tertiary/aromatic N) is 1. The van der Waals surface area contributed by atoms with E-state index < -0.39 is 21.0 Å². The van der Waals surface area contributed by atoms with Crippen molar-refractivity contribution in [3.8, 4) is 17.2 Å². The van der Waals surface area contributed by atoms with Crippen LogP contribution in [0.3, 0.4) is 0 Å². The zero-order chi connectivity index (χ0) is 22.2. The number of amides is 1. The van der Waals surface area contributed by atoms with Gasteiger partial charge in [0.15, 0.2) is 20.7 Å². The van der Waals surface area contributed by atoms with Gasteiger partial charge in [-0.25, -0.2) is 13.4 Å². The number of carbonyl (C=O) groups excluding carboxylic acids is 1. The molecule has 4 aromatic rings. The first kappa shape index (κ1) is 21.1. The van der Waals surface area contributed by atoms with Crippen molar-refractivity contribution in [2.75, 3.05) is 12.4 Å². The first-order chi connectivity index (χ1) is 14.8. The summed E-state index contributed by atoms with van der Waals surface area (Å²) in [5, 5.41) is 5.23. The fraction of sp³-hybridized carbons (Fsp3) is 0.182. The average molecular weight is 457 g/mol. The molecule has 0 atom stereocenters. The maximum absolute atomic E-state index is 12.6. The third-order valence-corrected chi connectivity index (χ3v) is 7.66. The van der Waals surface area contributed by atoms with Crippen molar-refractivity contribution in [1.29, 1.82) is 0 Å². The van der Waals surface area contributed by atoms with Crippen molar-refractivity contribution in [1.82, 2.24) is 4.98 Å². The standard InChI is InChI=1S/C22H20N2O5S2/c1-13(2)31(26,27)17-6-4-5-15(9-17)21(25)24-22-23-18(12-30-22)20-10-14-7-8-16(28-3)11-19(14)29-20/h4-13H,1-3H3,(H,23,24,25). The van der Waals surface area contributed by atoms with Crippen LogP contribution in [0.1, 0.15) is 24.2 Å². The number of carbonyl (C=O) groups is 1. The molecule has 1 N–H and O–H groups in total. The molecule has 1 amide bonds. The maximum Gasteiger partial charge on any atom is 0.257 e. The number of ether oxygens (including phenoxy) is 1. The molecule has 0 spiro atoms. The van der Waals surface area contributed by atoms with Gasteiger partial charge in [-0.1, -0.05) is 6.07 Å². The average Bonchev–Trinajstić information content (AvgIpc) is 3.39. The number of aromatic nitrogens is 1. The van der Waals surface area contributed by atoms with E-state index in [0.717, 1.165) is 5.39 Å². The van der Waals surface area contributed by atoms with Crippen molar-refractivity contribution >= 4 is 43.2 Å².